The summed E-state index contributed by atoms with van der Waals surface area (Å²) in [5.41, 5.74) is 6.30. The first kappa shape index (κ1) is 12.4. The number of carbonyl (C=O) groups is 1. The third-order valence-corrected chi connectivity index (χ3v) is 2.81. The van der Waals surface area contributed by atoms with Gasteiger partial charge in [0.25, 0.3) is 5.91 Å². The van der Waals surface area contributed by atoms with Crippen molar-refractivity contribution in [3.8, 4) is 5.75 Å². The Morgan fingerprint density at radius 1 is 1.44 bits per heavy atom. The molecule has 2 rings (SSSR count). The van der Waals surface area contributed by atoms with Crippen LogP contribution < -0.4 is 11.1 Å². The number of benzene rings is 1. The van der Waals surface area contributed by atoms with Gasteiger partial charge in [-0.3, -0.25) is 4.79 Å². The second-order valence-electron chi connectivity index (χ2n) is 5.00. The number of nitrogens with one attached hydrogen (secondary N) is 2. The SMILES string of the molecule is CC(C)(CN)NC(=O)c1cc2ccc(O)cc2[nH]1. The molecule has 0 unspecified atom stereocenters. The van der Waals surface area contributed by atoms with Crippen LogP contribution in [0, 0.1) is 0 Å². The van der Waals surface area contributed by atoms with Gasteiger partial charge < -0.3 is 21.1 Å². The molecule has 1 heterocycles. The summed E-state index contributed by atoms with van der Waals surface area (Å²) in [5.74, 6) is -0.0419. The van der Waals surface area contributed by atoms with E-state index in [1.165, 1.54) is 0 Å². The standard InChI is InChI=1S/C13H17N3O2/c1-13(2,7-14)16-12(18)11-5-8-3-4-9(17)6-10(8)15-11/h3-6,15,17H,7,14H2,1-2H3,(H,16,18). The van der Waals surface area contributed by atoms with Crippen molar-refractivity contribution in [2.45, 2.75) is 19.4 Å². The zero-order valence-electron chi connectivity index (χ0n) is 10.4. The van der Waals surface area contributed by atoms with E-state index in [1.54, 1.807) is 24.3 Å². The van der Waals surface area contributed by atoms with E-state index in [0.29, 0.717) is 12.2 Å². The van der Waals surface area contributed by atoms with E-state index in [2.05, 4.69) is 10.3 Å². The van der Waals surface area contributed by atoms with Crippen molar-refractivity contribution < 1.29 is 9.90 Å². The maximum Gasteiger partial charge on any atom is 0.268 e. The highest BCUT2D eigenvalue weighted by Gasteiger charge is 2.20. The van der Waals surface area contributed by atoms with Gasteiger partial charge in [0.2, 0.25) is 0 Å². The van der Waals surface area contributed by atoms with Crippen molar-refractivity contribution in [2.24, 2.45) is 5.73 Å². The van der Waals surface area contributed by atoms with Crippen LogP contribution in [0.3, 0.4) is 0 Å². The zero-order valence-corrected chi connectivity index (χ0v) is 10.4. The predicted octanol–water partition coefficient (Wildman–Crippen LogP) is 1.34. The van der Waals surface area contributed by atoms with E-state index in [1.807, 2.05) is 13.8 Å². The Morgan fingerprint density at radius 2 is 2.17 bits per heavy atom. The van der Waals surface area contributed by atoms with Crippen molar-refractivity contribution in [3.05, 3.63) is 30.0 Å². The summed E-state index contributed by atoms with van der Waals surface area (Å²) in [6, 6.07) is 6.67. The van der Waals surface area contributed by atoms with Crippen LogP contribution >= 0.6 is 0 Å². The van der Waals surface area contributed by atoms with Crippen LogP contribution in [-0.4, -0.2) is 28.1 Å². The number of fused-ring (bicyclic) bond motifs is 1. The molecule has 1 aromatic heterocycles. The van der Waals surface area contributed by atoms with Crippen molar-refractivity contribution in [1.82, 2.24) is 10.3 Å². The van der Waals surface area contributed by atoms with Crippen LogP contribution in [0.25, 0.3) is 10.9 Å². The molecule has 0 atom stereocenters. The first-order valence-corrected chi connectivity index (χ1v) is 5.75. The van der Waals surface area contributed by atoms with Gasteiger partial charge in [0.05, 0.1) is 0 Å². The lowest BCUT2D eigenvalue weighted by atomic mass is 10.1. The average Bonchev–Trinajstić information content (AvgIpc) is 2.71. The number of amides is 1. The van der Waals surface area contributed by atoms with Crippen LogP contribution in [0.5, 0.6) is 5.75 Å². The minimum atomic E-state index is -0.448. The predicted molar refractivity (Wildman–Crippen MR) is 70.6 cm³/mol. The molecule has 0 spiro atoms. The lowest BCUT2D eigenvalue weighted by molar-refractivity contribution is 0.0911. The van der Waals surface area contributed by atoms with Gasteiger partial charge in [0, 0.05) is 29.1 Å². The Labute approximate surface area is 105 Å². The van der Waals surface area contributed by atoms with Crippen LogP contribution in [0.15, 0.2) is 24.3 Å². The van der Waals surface area contributed by atoms with Crippen LogP contribution in [0.2, 0.25) is 0 Å². The van der Waals surface area contributed by atoms with E-state index in [4.69, 9.17) is 5.73 Å². The Hall–Kier alpha value is -2.01. The smallest absolute Gasteiger partial charge is 0.268 e. The second-order valence-corrected chi connectivity index (χ2v) is 5.00. The van der Waals surface area contributed by atoms with Crippen LogP contribution in [-0.2, 0) is 0 Å². The molecule has 5 N–H and O–H groups in total. The normalized spacial score (nSPS) is 11.7. The number of hydrogen-bond donors (Lipinski definition) is 4. The molecule has 18 heavy (non-hydrogen) atoms. The van der Waals surface area contributed by atoms with Gasteiger partial charge >= 0.3 is 0 Å². The highest BCUT2D eigenvalue weighted by atomic mass is 16.3. The van der Waals surface area contributed by atoms with Crippen LogP contribution in [0.1, 0.15) is 24.3 Å². The topological polar surface area (TPSA) is 91.1 Å². The largest absolute Gasteiger partial charge is 0.508 e. The highest BCUT2D eigenvalue weighted by molar-refractivity contribution is 5.98. The molecule has 0 fully saturated rings. The Bertz CT molecular complexity index is 587. The molecule has 0 aliphatic rings. The van der Waals surface area contributed by atoms with Crippen LogP contribution in [0.4, 0.5) is 0 Å². The number of aromatic nitrogens is 1. The Morgan fingerprint density at radius 3 is 2.83 bits per heavy atom. The average molecular weight is 247 g/mol. The van der Waals surface area contributed by atoms with Crippen molar-refractivity contribution in [3.63, 3.8) is 0 Å². The molecule has 0 saturated carbocycles. The van der Waals surface area contributed by atoms with Gasteiger partial charge in [-0.2, -0.15) is 0 Å². The maximum absolute atomic E-state index is 12.0. The maximum atomic E-state index is 12.0. The molecule has 1 aromatic carbocycles. The van der Waals surface area contributed by atoms with Gasteiger partial charge in [0.15, 0.2) is 0 Å². The first-order chi connectivity index (χ1) is 8.41. The quantitative estimate of drug-likeness (QED) is 0.659. The third-order valence-electron chi connectivity index (χ3n) is 2.81. The molecule has 5 nitrogen and oxygen atoms in total. The summed E-state index contributed by atoms with van der Waals surface area (Å²) in [4.78, 5) is 15.0. The highest BCUT2D eigenvalue weighted by Crippen LogP contribution is 2.20. The summed E-state index contributed by atoms with van der Waals surface area (Å²) in [6.07, 6.45) is 0. The first-order valence-electron chi connectivity index (χ1n) is 5.75. The molecule has 2 aromatic rings. The Balaban J connectivity index is 2.28. The minimum absolute atomic E-state index is 0.165. The molecule has 0 saturated heterocycles. The summed E-state index contributed by atoms with van der Waals surface area (Å²) in [5, 5.41) is 13.1. The van der Waals surface area contributed by atoms with Gasteiger partial charge in [-0.25, -0.2) is 0 Å². The molecule has 5 heteroatoms. The lowest BCUT2D eigenvalue weighted by Crippen LogP contribution is -2.48. The monoisotopic (exact) mass is 247 g/mol. The molecule has 0 bridgehead atoms. The number of hydrogen-bond acceptors (Lipinski definition) is 3. The van der Waals surface area contributed by atoms with E-state index in [0.717, 1.165) is 10.9 Å². The number of phenolic OH excluding ortho intramolecular Hbond substituents is 1. The number of aromatic amines is 1. The van der Waals surface area contributed by atoms with Gasteiger partial charge in [0.1, 0.15) is 11.4 Å². The fourth-order valence-corrected chi connectivity index (χ4v) is 1.66. The summed E-state index contributed by atoms with van der Waals surface area (Å²) >= 11 is 0. The zero-order chi connectivity index (χ0) is 13.3. The summed E-state index contributed by atoms with van der Waals surface area (Å²) in [6.45, 7) is 4.08. The number of nitrogens with two attached hydrogens (primary N) is 1. The third kappa shape index (κ3) is 2.46. The summed E-state index contributed by atoms with van der Waals surface area (Å²) in [7, 11) is 0. The number of H-pyrrole nitrogens is 1. The molecule has 1 amide bonds. The van der Waals surface area contributed by atoms with Gasteiger partial charge in [-0.1, -0.05) is 0 Å². The second kappa shape index (κ2) is 4.34. The number of carbonyl (C=O) groups excluding carboxylic acids is 1. The fraction of sp³-hybridized carbons (Fsp3) is 0.308. The van der Waals surface area contributed by atoms with Gasteiger partial charge in [-0.15, -0.1) is 0 Å². The van der Waals surface area contributed by atoms with Crippen molar-refractivity contribution in [1.29, 1.82) is 0 Å². The molecular weight excluding hydrogens is 230 g/mol. The molecule has 0 aliphatic heterocycles. The molecule has 0 radical (unpaired) electrons. The molecular formula is C13H17N3O2. The molecule has 0 aliphatic carbocycles. The Kier molecular flexibility index (Phi) is 3.00. The van der Waals surface area contributed by atoms with Crippen molar-refractivity contribution >= 4 is 16.8 Å². The van der Waals surface area contributed by atoms with E-state index < -0.39 is 5.54 Å². The minimum Gasteiger partial charge on any atom is -0.508 e. The fourth-order valence-electron chi connectivity index (χ4n) is 1.66. The van der Waals surface area contributed by atoms with Gasteiger partial charge in [-0.05, 0) is 32.0 Å². The lowest BCUT2D eigenvalue weighted by Gasteiger charge is -2.23. The number of rotatable bonds is 3. The molecule has 96 valence electrons. The summed E-state index contributed by atoms with van der Waals surface area (Å²) < 4.78 is 0. The van der Waals surface area contributed by atoms with E-state index in [-0.39, 0.29) is 11.7 Å². The van der Waals surface area contributed by atoms with Crippen molar-refractivity contribution in [2.75, 3.05) is 6.54 Å². The van der Waals surface area contributed by atoms with E-state index in [9.17, 15) is 9.90 Å². The number of phenols is 1. The number of aromatic hydroxyl groups is 1. The van der Waals surface area contributed by atoms with E-state index >= 15 is 0 Å².